The molecule has 1 heterocycles. The average Bonchev–Trinajstić information content (AvgIpc) is 3.05. The number of hydrogen-bond acceptors (Lipinski definition) is 3. The van der Waals surface area contributed by atoms with Gasteiger partial charge in [-0.1, -0.05) is 35.3 Å². The van der Waals surface area contributed by atoms with Gasteiger partial charge in [0.2, 0.25) is 5.91 Å². The minimum absolute atomic E-state index is 0.324. The highest BCUT2D eigenvalue weighted by atomic mass is 35.5. The van der Waals surface area contributed by atoms with Gasteiger partial charge < -0.3 is 15.5 Å². The number of carbonyl (C=O) groups excluding carboxylic acids is 1. The van der Waals surface area contributed by atoms with E-state index in [0.717, 1.165) is 11.1 Å². The maximum atomic E-state index is 12.2. The van der Waals surface area contributed by atoms with E-state index in [4.69, 9.17) is 33.4 Å². The quantitative estimate of drug-likeness (QED) is 0.439. The normalized spacial score (nSPS) is 11.0. The van der Waals surface area contributed by atoms with Gasteiger partial charge in [0.1, 0.15) is 11.5 Å². The monoisotopic (exact) mass is 386 g/mol. The van der Waals surface area contributed by atoms with Gasteiger partial charge in [0.15, 0.2) is 0 Å². The van der Waals surface area contributed by atoms with E-state index in [0.29, 0.717) is 32.9 Å². The number of benzene rings is 2. The van der Waals surface area contributed by atoms with E-state index in [1.165, 1.54) is 6.08 Å². The van der Waals surface area contributed by atoms with Crippen LogP contribution in [0.3, 0.4) is 0 Å². The Bertz CT molecular complexity index is 970. The highest BCUT2D eigenvalue weighted by Gasteiger charge is 2.09. The van der Waals surface area contributed by atoms with Crippen molar-refractivity contribution in [1.82, 2.24) is 0 Å². The highest BCUT2D eigenvalue weighted by Crippen LogP contribution is 2.30. The topological polar surface area (TPSA) is 68.3 Å². The van der Waals surface area contributed by atoms with Crippen LogP contribution >= 0.6 is 23.2 Å². The van der Waals surface area contributed by atoms with Gasteiger partial charge in [0, 0.05) is 17.3 Å². The molecule has 3 aromatic rings. The number of halogens is 2. The molecule has 1 aromatic heterocycles. The van der Waals surface area contributed by atoms with Gasteiger partial charge in [-0.15, -0.1) is 0 Å². The summed E-state index contributed by atoms with van der Waals surface area (Å²) < 4.78 is 5.72. The summed E-state index contributed by atoms with van der Waals surface area (Å²) in [6.07, 6.45) is 2.96. The summed E-state index contributed by atoms with van der Waals surface area (Å²) in [7, 11) is 0. The number of carbonyl (C=O) groups is 1. The van der Waals surface area contributed by atoms with Crippen LogP contribution in [0.2, 0.25) is 10.0 Å². The fraction of sp³-hybridized carbons (Fsp3) is 0.0500. The summed E-state index contributed by atoms with van der Waals surface area (Å²) in [6, 6.07) is 14.3. The van der Waals surface area contributed by atoms with Gasteiger partial charge in [-0.2, -0.15) is 0 Å². The van der Waals surface area contributed by atoms with Gasteiger partial charge in [-0.3, -0.25) is 4.79 Å². The molecule has 0 aliphatic carbocycles. The summed E-state index contributed by atoms with van der Waals surface area (Å²) in [6.45, 7) is 1.82. The molecule has 3 rings (SSSR count). The standard InChI is InChI=1S/C20H16Cl2N2O2/c1-12-10-13(23)11-17(22)20(12)24-19(25)9-7-14-6-8-18(26-14)15-4-2-3-5-16(15)21/h2-11H,23H2,1H3,(H,24,25)/b9-7+. The van der Waals surface area contributed by atoms with Crippen molar-refractivity contribution in [2.24, 2.45) is 0 Å². The lowest BCUT2D eigenvalue weighted by atomic mass is 10.1. The predicted octanol–water partition coefficient (Wildman–Crippen LogP) is 5.80. The van der Waals surface area contributed by atoms with E-state index in [1.54, 1.807) is 36.4 Å². The molecule has 0 radical (unpaired) electrons. The van der Waals surface area contributed by atoms with Gasteiger partial charge in [-0.25, -0.2) is 0 Å². The van der Waals surface area contributed by atoms with Crippen molar-refractivity contribution in [3.8, 4) is 11.3 Å². The lowest BCUT2D eigenvalue weighted by Crippen LogP contribution is -2.09. The van der Waals surface area contributed by atoms with E-state index in [2.05, 4.69) is 5.32 Å². The molecule has 26 heavy (non-hydrogen) atoms. The molecule has 0 spiro atoms. The molecule has 6 heteroatoms. The summed E-state index contributed by atoms with van der Waals surface area (Å²) in [5, 5.41) is 3.74. The van der Waals surface area contributed by atoms with E-state index in [1.807, 2.05) is 25.1 Å². The predicted molar refractivity (Wildman–Crippen MR) is 107 cm³/mol. The van der Waals surface area contributed by atoms with Crippen molar-refractivity contribution in [1.29, 1.82) is 0 Å². The maximum Gasteiger partial charge on any atom is 0.248 e. The van der Waals surface area contributed by atoms with Crippen molar-refractivity contribution in [2.45, 2.75) is 6.92 Å². The number of nitrogens with two attached hydrogens (primary N) is 1. The SMILES string of the molecule is Cc1cc(N)cc(Cl)c1NC(=O)/C=C/c1ccc(-c2ccccc2Cl)o1. The van der Waals surface area contributed by atoms with E-state index in [9.17, 15) is 4.79 Å². The van der Waals surface area contributed by atoms with E-state index < -0.39 is 0 Å². The third-order valence-electron chi connectivity index (χ3n) is 3.72. The zero-order valence-electron chi connectivity index (χ0n) is 13.9. The Labute approximate surface area is 161 Å². The smallest absolute Gasteiger partial charge is 0.248 e. The van der Waals surface area contributed by atoms with Crippen molar-refractivity contribution < 1.29 is 9.21 Å². The second kappa shape index (κ2) is 7.68. The second-order valence-electron chi connectivity index (χ2n) is 5.70. The molecule has 0 unspecified atom stereocenters. The molecular weight excluding hydrogens is 371 g/mol. The molecule has 0 saturated carbocycles. The Balaban J connectivity index is 1.73. The van der Waals surface area contributed by atoms with Crippen LogP contribution in [0.5, 0.6) is 0 Å². The fourth-order valence-electron chi connectivity index (χ4n) is 2.50. The van der Waals surface area contributed by atoms with Crippen molar-refractivity contribution in [3.05, 3.63) is 76.0 Å². The summed E-state index contributed by atoms with van der Waals surface area (Å²) in [5.41, 5.74) is 8.38. The van der Waals surface area contributed by atoms with Crippen LogP contribution in [0.1, 0.15) is 11.3 Å². The lowest BCUT2D eigenvalue weighted by molar-refractivity contribution is -0.111. The first-order valence-corrected chi connectivity index (χ1v) is 8.59. The molecule has 0 atom stereocenters. The van der Waals surface area contributed by atoms with E-state index in [-0.39, 0.29) is 5.91 Å². The molecule has 3 N–H and O–H groups in total. The number of nitrogens with one attached hydrogen (secondary N) is 1. The zero-order chi connectivity index (χ0) is 18.7. The zero-order valence-corrected chi connectivity index (χ0v) is 15.4. The van der Waals surface area contributed by atoms with Gasteiger partial charge in [0.05, 0.1) is 15.7 Å². The molecule has 4 nitrogen and oxygen atoms in total. The molecule has 0 aliphatic rings. The van der Waals surface area contributed by atoms with Gasteiger partial charge >= 0.3 is 0 Å². The Morgan fingerprint density at radius 1 is 1.12 bits per heavy atom. The number of nitrogen functional groups attached to an aromatic ring is 1. The van der Waals surface area contributed by atoms with Gasteiger partial charge in [0.25, 0.3) is 0 Å². The van der Waals surface area contributed by atoms with Crippen molar-refractivity contribution >= 4 is 46.6 Å². The third kappa shape index (κ3) is 4.10. The van der Waals surface area contributed by atoms with Crippen LogP contribution < -0.4 is 11.1 Å². The van der Waals surface area contributed by atoms with Gasteiger partial charge in [-0.05, 0) is 55.0 Å². The second-order valence-corrected chi connectivity index (χ2v) is 6.51. The van der Waals surface area contributed by atoms with Crippen molar-refractivity contribution in [3.63, 3.8) is 0 Å². The first-order valence-electron chi connectivity index (χ1n) is 7.83. The molecular formula is C20H16Cl2N2O2. The Morgan fingerprint density at radius 2 is 1.88 bits per heavy atom. The van der Waals surface area contributed by atoms with Crippen LogP contribution in [0.4, 0.5) is 11.4 Å². The molecule has 1 amide bonds. The molecule has 2 aromatic carbocycles. The Morgan fingerprint density at radius 3 is 2.62 bits per heavy atom. The lowest BCUT2D eigenvalue weighted by Gasteiger charge is -2.09. The summed E-state index contributed by atoms with van der Waals surface area (Å²) in [5.74, 6) is 0.846. The number of hydrogen-bond donors (Lipinski definition) is 2. The number of furan rings is 1. The van der Waals surface area contributed by atoms with Crippen LogP contribution in [-0.2, 0) is 4.79 Å². The van der Waals surface area contributed by atoms with Crippen LogP contribution in [0, 0.1) is 6.92 Å². The summed E-state index contributed by atoms with van der Waals surface area (Å²) in [4.78, 5) is 12.2. The first-order chi connectivity index (χ1) is 12.4. The van der Waals surface area contributed by atoms with Crippen molar-refractivity contribution in [2.75, 3.05) is 11.1 Å². The molecule has 132 valence electrons. The first kappa shape index (κ1) is 18.1. The van der Waals surface area contributed by atoms with Crippen LogP contribution in [0.15, 0.2) is 59.0 Å². The summed E-state index contributed by atoms with van der Waals surface area (Å²) >= 11 is 12.3. The fourth-order valence-corrected chi connectivity index (χ4v) is 3.05. The largest absolute Gasteiger partial charge is 0.457 e. The average molecular weight is 387 g/mol. The Kier molecular flexibility index (Phi) is 5.35. The molecule has 0 bridgehead atoms. The number of anilines is 2. The van der Waals surface area contributed by atoms with Crippen LogP contribution in [-0.4, -0.2) is 5.91 Å². The molecule has 0 saturated heterocycles. The minimum atomic E-state index is -0.324. The van der Waals surface area contributed by atoms with Crippen LogP contribution in [0.25, 0.3) is 17.4 Å². The number of amides is 1. The number of rotatable bonds is 4. The molecule has 0 aliphatic heterocycles. The Hall–Kier alpha value is -2.69. The number of aryl methyl sites for hydroxylation is 1. The molecule has 0 fully saturated rings. The van der Waals surface area contributed by atoms with E-state index >= 15 is 0 Å². The highest BCUT2D eigenvalue weighted by molar-refractivity contribution is 6.34. The maximum absolute atomic E-state index is 12.2. The minimum Gasteiger partial charge on any atom is -0.457 e. The third-order valence-corrected chi connectivity index (χ3v) is 4.35.